The highest BCUT2D eigenvalue weighted by Gasteiger charge is 2.21. The van der Waals surface area contributed by atoms with Crippen molar-refractivity contribution in [3.8, 4) is 0 Å². The van der Waals surface area contributed by atoms with Crippen LogP contribution in [0.4, 0.5) is 0 Å². The average Bonchev–Trinajstić information content (AvgIpc) is 2.66. The third kappa shape index (κ3) is 3.08. The Labute approximate surface area is 159 Å². The zero-order chi connectivity index (χ0) is 19.0. The number of rotatable bonds is 3. The number of hydrogen-bond donors (Lipinski definition) is 0. The van der Waals surface area contributed by atoms with Crippen LogP contribution in [0.3, 0.4) is 0 Å². The molecule has 0 unspecified atom stereocenters. The van der Waals surface area contributed by atoms with Crippen molar-refractivity contribution in [2.24, 2.45) is 0 Å². The van der Waals surface area contributed by atoms with Gasteiger partial charge in [-0.2, -0.15) is 0 Å². The lowest BCUT2D eigenvalue weighted by molar-refractivity contribution is 0.674. The molecule has 0 bridgehead atoms. The first kappa shape index (κ1) is 17.3. The topological polar surface area (TPSA) is 22.0 Å². The number of hydrogen-bond acceptors (Lipinski definition) is 1. The Bertz CT molecular complexity index is 1120. The van der Waals surface area contributed by atoms with E-state index >= 15 is 0 Å². The van der Waals surface area contributed by atoms with Gasteiger partial charge in [-0.1, -0.05) is 72.3 Å². The van der Waals surface area contributed by atoms with Gasteiger partial charge in [0.15, 0.2) is 0 Å². The van der Waals surface area contributed by atoms with Crippen molar-refractivity contribution in [2.45, 2.75) is 26.8 Å². The van der Waals surface area contributed by atoms with Gasteiger partial charge in [-0.05, 0) is 49.1 Å². The number of pyridine rings is 1. The minimum atomic E-state index is -0.163. The lowest BCUT2D eigenvalue weighted by Crippen LogP contribution is -2.27. The summed E-state index contributed by atoms with van der Waals surface area (Å²) in [7, 11) is 0. The summed E-state index contributed by atoms with van der Waals surface area (Å²) in [5.41, 5.74) is 6.63. The molecular weight excluding hydrogens is 330 g/mol. The van der Waals surface area contributed by atoms with Crippen LogP contribution in [-0.2, 0) is 0 Å². The van der Waals surface area contributed by atoms with Gasteiger partial charge in [0.1, 0.15) is 0 Å². The summed E-state index contributed by atoms with van der Waals surface area (Å²) in [4.78, 5) is 13.2. The van der Waals surface area contributed by atoms with Gasteiger partial charge in [-0.25, -0.2) is 0 Å². The zero-order valence-corrected chi connectivity index (χ0v) is 15.9. The van der Waals surface area contributed by atoms with Crippen LogP contribution < -0.4 is 5.56 Å². The highest BCUT2D eigenvalue weighted by molar-refractivity contribution is 5.86. The summed E-state index contributed by atoms with van der Waals surface area (Å²) in [6.07, 6.45) is 0. The Morgan fingerprint density at radius 2 is 1.26 bits per heavy atom. The molecule has 0 N–H and O–H groups in total. The Kier molecular flexibility index (Phi) is 4.41. The molecule has 0 aliphatic rings. The Hall–Kier alpha value is -3.13. The van der Waals surface area contributed by atoms with Crippen molar-refractivity contribution in [3.05, 3.63) is 117 Å². The lowest BCUT2D eigenvalue weighted by Gasteiger charge is -2.25. The van der Waals surface area contributed by atoms with E-state index in [-0.39, 0.29) is 11.6 Å². The molecule has 2 nitrogen and oxygen atoms in total. The average molecular weight is 353 g/mol. The van der Waals surface area contributed by atoms with E-state index < -0.39 is 0 Å². The second-order valence-electron chi connectivity index (χ2n) is 7.24. The van der Waals surface area contributed by atoms with E-state index in [1.165, 1.54) is 5.56 Å². The largest absolute Gasteiger partial charge is 0.296 e. The van der Waals surface area contributed by atoms with E-state index in [1.54, 1.807) is 6.07 Å². The van der Waals surface area contributed by atoms with Gasteiger partial charge in [0.2, 0.25) is 0 Å². The molecule has 0 atom stereocenters. The van der Waals surface area contributed by atoms with Gasteiger partial charge in [-0.3, -0.25) is 9.36 Å². The van der Waals surface area contributed by atoms with Gasteiger partial charge < -0.3 is 0 Å². The van der Waals surface area contributed by atoms with Gasteiger partial charge >= 0.3 is 0 Å². The van der Waals surface area contributed by atoms with Crippen molar-refractivity contribution in [1.29, 1.82) is 0 Å². The highest BCUT2D eigenvalue weighted by atomic mass is 16.1. The number of nitrogens with zero attached hydrogens (tertiary/aromatic N) is 1. The molecular formula is C25H23NO. The van der Waals surface area contributed by atoms with E-state index in [4.69, 9.17) is 0 Å². The number of aryl methyl sites for hydroxylation is 3. The molecule has 0 aliphatic heterocycles. The molecule has 4 aromatic rings. The van der Waals surface area contributed by atoms with Crippen LogP contribution in [0.5, 0.6) is 0 Å². The standard InChI is InChI=1S/C25H23NO/c1-17-14-19(3)24-22(15-17)18(2)16-23(27)26(24)25(20-10-6-4-7-11-20)21-12-8-5-9-13-21/h4-16,25H,1-3H3. The first-order valence-electron chi connectivity index (χ1n) is 9.29. The first-order valence-corrected chi connectivity index (χ1v) is 9.29. The van der Waals surface area contributed by atoms with E-state index in [0.29, 0.717) is 0 Å². The highest BCUT2D eigenvalue weighted by Crippen LogP contribution is 2.31. The smallest absolute Gasteiger partial charge is 0.252 e. The molecule has 134 valence electrons. The molecule has 4 rings (SSSR count). The second-order valence-corrected chi connectivity index (χ2v) is 7.24. The lowest BCUT2D eigenvalue weighted by atomic mass is 9.96. The monoisotopic (exact) mass is 353 g/mol. The summed E-state index contributed by atoms with van der Waals surface area (Å²) in [5, 5.41) is 1.14. The summed E-state index contributed by atoms with van der Waals surface area (Å²) < 4.78 is 1.96. The predicted octanol–water partition coefficient (Wildman–Crippen LogP) is 5.56. The van der Waals surface area contributed by atoms with Crippen molar-refractivity contribution < 1.29 is 0 Å². The van der Waals surface area contributed by atoms with Gasteiger partial charge in [0.25, 0.3) is 5.56 Å². The maximum atomic E-state index is 13.2. The van der Waals surface area contributed by atoms with Crippen molar-refractivity contribution >= 4 is 10.9 Å². The van der Waals surface area contributed by atoms with Crippen molar-refractivity contribution in [2.75, 3.05) is 0 Å². The predicted molar refractivity (Wildman–Crippen MR) is 113 cm³/mol. The zero-order valence-electron chi connectivity index (χ0n) is 15.9. The number of aromatic nitrogens is 1. The van der Waals surface area contributed by atoms with Crippen LogP contribution in [0.25, 0.3) is 10.9 Å². The number of fused-ring (bicyclic) bond motifs is 1. The molecule has 27 heavy (non-hydrogen) atoms. The fourth-order valence-corrected chi connectivity index (χ4v) is 4.04. The molecule has 1 heterocycles. The molecule has 0 aliphatic carbocycles. The molecule has 0 saturated carbocycles. The van der Waals surface area contributed by atoms with E-state index in [9.17, 15) is 4.79 Å². The Balaban J connectivity index is 2.13. The van der Waals surface area contributed by atoms with Crippen molar-refractivity contribution in [1.82, 2.24) is 4.57 Å². The number of benzene rings is 3. The van der Waals surface area contributed by atoms with E-state index in [1.807, 2.05) is 47.9 Å². The molecule has 3 aromatic carbocycles. The van der Waals surface area contributed by atoms with Gasteiger partial charge in [0, 0.05) is 11.5 Å². The normalized spacial score (nSPS) is 11.3. The summed E-state index contributed by atoms with van der Waals surface area (Å²) >= 11 is 0. The van der Waals surface area contributed by atoms with Gasteiger partial charge in [-0.15, -0.1) is 0 Å². The third-order valence-electron chi connectivity index (χ3n) is 5.18. The second kappa shape index (κ2) is 6.88. The minimum Gasteiger partial charge on any atom is -0.296 e. The fourth-order valence-electron chi connectivity index (χ4n) is 4.04. The Morgan fingerprint density at radius 1 is 0.704 bits per heavy atom. The molecule has 1 aromatic heterocycles. The first-order chi connectivity index (χ1) is 13.1. The summed E-state index contributed by atoms with van der Waals surface area (Å²) in [5.74, 6) is 0. The molecule has 0 fully saturated rings. The van der Waals surface area contributed by atoms with E-state index in [2.05, 4.69) is 50.2 Å². The third-order valence-corrected chi connectivity index (χ3v) is 5.18. The minimum absolute atomic E-state index is 0.0321. The quantitative estimate of drug-likeness (QED) is 0.472. The van der Waals surface area contributed by atoms with Crippen LogP contribution in [0.1, 0.15) is 33.9 Å². The molecule has 0 saturated heterocycles. The van der Waals surface area contributed by atoms with Crippen LogP contribution in [0.15, 0.2) is 83.7 Å². The van der Waals surface area contributed by atoms with Crippen LogP contribution in [0.2, 0.25) is 0 Å². The maximum Gasteiger partial charge on any atom is 0.252 e. The summed E-state index contributed by atoms with van der Waals surface area (Å²) in [6.45, 7) is 6.22. The van der Waals surface area contributed by atoms with Gasteiger partial charge in [0.05, 0.1) is 11.6 Å². The maximum absolute atomic E-state index is 13.2. The van der Waals surface area contributed by atoms with Crippen LogP contribution in [-0.4, -0.2) is 4.57 Å². The molecule has 0 spiro atoms. The van der Waals surface area contributed by atoms with Crippen LogP contribution >= 0.6 is 0 Å². The molecule has 0 radical (unpaired) electrons. The Morgan fingerprint density at radius 3 is 1.81 bits per heavy atom. The molecule has 2 heteroatoms. The SMILES string of the molecule is Cc1cc(C)c2c(c1)c(C)cc(=O)n2C(c1ccccc1)c1ccccc1. The molecule has 0 amide bonds. The fraction of sp³-hybridized carbons (Fsp3) is 0.160. The van der Waals surface area contributed by atoms with E-state index in [0.717, 1.165) is 33.2 Å². The van der Waals surface area contributed by atoms with Crippen LogP contribution in [0, 0.1) is 20.8 Å². The summed E-state index contributed by atoms with van der Waals surface area (Å²) in [6, 6.07) is 26.5. The van der Waals surface area contributed by atoms with Crippen molar-refractivity contribution in [3.63, 3.8) is 0 Å².